The van der Waals surface area contributed by atoms with E-state index in [0.29, 0.717) is 5.11 Å². The van der Waals surface area contributed by atoms with Crippen LogP contribution in [0.25, 0.3) is 0 Å². The van der Waals surface area contributed by atoms with E-state index in [1.54, 1.807) is 7.11 Å². The van der Waals surface area contributed by atoms with Crippen molar-refractivity contribution in [2.75, 3.05) is 12.4 Å². The van der Waals surface area contributed by atoms with Gasteiger partial charge in [0, 0.05) is 11.8 Å². The molecular formula is C20H26N2OS. The van der Waals surface area contributed by atoms with Crippen molar-refractivity contribution in [1.82, 2.24) is 5.32 Å². The van der Waals surface area contributed by atoms with Crippen LogP contribution in [-0.2, 0) is 5.41 Å². The van der Waals surface area contributed by atoms with E-state index in [-0.39, 0.29) is 11.5 Å². The molecule has 24 heavy (non-hydrogen) atoms. The highest BCUT2D eigenvalue weighted by atomic mass is 32.1. The van der Waals surface area contributed by atoms with Crippen LogP contribution in [0.5, 0.6) is 5.75 Å². The monoisotopic (exact) mass is 342 g/mol. The second-order valence-corrected chi connectivity index (χ2v) is 7.33. The lowest BCUT2D eigenvalue weighted by molar-refractivity contribution is 0.415. The van der Waals surface area contributed by atoms with Crippen LogP contribution in [0, 0.1) is 0 Å². The van der Waals surface area contributed by atoms with Gasteiger partial charge in [-0.25, -0.2) is 0 Å². The topological polar surface area (TPSA) is 33.3 Å². The van der Waals surface area contributed by atoms with E-state index < -0.39 is 0 Å². The number of ether oxygens (including phenoxy) is 1. The summed E-state index contributed by atoms with van der Waals surface area (Å²) >= 11 is 5.41. The molecule has 0 spiro atoms. The Bertz CT molecular complexity index is 690. The van der Waals surface area contributed by atoms with Gasteiger partial charge in [-0.3, -0.25) is 0 Å². The fourth-order valence-corrected chi connectivity index (χ4v) is 2.71. The van der Waals surface area contributed by atoms with Crippen LogP contribution in [0.4, 0.5) is 5.69 Å². The molecule has 0 aliphatic carbocycles. The van der Waals surface area contributed by atoms with Gasteiger partial charge in [-0.1, -0.05) is 51.1 Å². The third-order valence-electron chi connectivity index (χ3n) is 3.95. The van der Waals surface area contributed by atoms with Crippen molar-refractivity contribution < 1.29 is 4.74 Å². The number of hydrogen-bond acceptors (Lipinski definition) is 2. The first kappa shape index (κ1) is 18.3. The number of thiocarbonyl (C=S) groups is 1. The Kier molecular flexibility index (Phi) is 5.84. The lowest BCUT2D eigenvalue weighted by atomic mass is 9.86. The summed E-state index contributed by atoms with van der Waals surface area (Å²) in [6.45, 7) is 8.76. The Morgan fingerprint density at radius 3 is 2.33 bits per heavy atom. The Morgan fingerprint density at radius 2 is 1.75 bits per heavy atom. The SMILES string of the molecule is COc1cccc(NC(=S)N[C@H](C)c2ccc(C(C)(C)C)cc2)c1. The Balaban J connectivity index is 1.98. The van der Waals surface area contributed by atoms with Crippen molar-refractivity contribution in [2.45, 2.75) is 39.2 Å². The molecule has 3 nitrogen and oxygen atoms in total. The summed E-state index contributed by atoms with van der Waals surface area (Å²) in [5.74, 6) is 0.800. The van der Waals surface area contributed by atoms with E-state index >= 15 is 0 Å². The summed E-state index contributed by atoms with van der Waals surface area (Å²) in [5, 5.41) is 7.11. The Morgan fingerprint density at radius 1 is 1.08 bits per heavy atom. The minimum absolute atomic E-state index is 0.129. The van der Waals surface area contributed by atoms with Crippen molar-refractivity contribution >= 4 is 23.0 Å². The van der Waals surface area contributed by atoms with Gasteiger partial charge in [-0.2, -0.15) is 0 Å². The maximum atomic E-state index is 5.41. The number of anilines is 1. The van der Waals surface area contributed by atoms with Gasteiger partial charge in [-0.05, 0) is 47.8 Å². The number of hydrogen-bond donors (Lipinski definition) is 2. The van der Waals surface area contributed by atoms with Gasteiger partial charge in [0.25, 0.3) is 0 Å². The van der Waals surface area contributed by atoms with E-state index in [2.05, 4.69) is 62.6 Å². The molecule has 2 aromatic carbocycles. The van der Waals surface area contributed by atoms with Gasteiger partial charge < -0.3 is 15.4 Å². The molecule has 2 aromatic rings. The predicted molar refractivity (Wildman–Crippen MR) is 106 cm³/mol. The minimum Gasteiger partial charge on any atom is -0.497 e. The van der Waals surface area contributed by atoms with Crippen LogP contribution in [0.3, 0.4) is 0 Å². The molecule has 0 aromatic heterocycles. The fraction of sp³-hybridized carbons (Fsp3) is 0.350. The van der Waals surface area contributed by atoms with Crippen LogP contribution in [0.1, 0.15) is 44.9 Å². The van der Waals surface area contributed by atoms with Crippen molar-refractivity contribution in [1.29, 1.82) is 0 Å². The molecule has 0 heterocycles. The van der Waals surface area contributed by atoms with Gasteiger partial charge in [0.15, 0.2) is 5.11 Å². The smallest absolute Gasteiger partial charge is 0.171 e. The maximum absolute atomic E-state index is 5.41. The number of benzene rings is 2. The highest BCUT2D eigenvalue weighted by molar-refractivity contribution is 7.80. The Labute approximate surface area is 150 Å². The highest BCUT2D eigenvalue weighted by Crippen LogP contribution is 2.24. The molecule has 0 saturated heterocycles. The average Bonchev–Trinajstić information content (AvgIpc) is 2.54. The van der Waals surface area contributed by atoms with Gasteiger partial charge in [0.2, 0.25) is 0 Å². The average molecular weight is 343 g/mol. The van der Waals surface area contributed by atoms with Crippen molar-refractivity contribution in [2.24, 2.45) is 0 Å². The van der Waals surface area contributed by atoms with Crippen molar-refractivity contribution in [3.63, 3.8) is 0 Å². The lowest BCUT2D eigenvalue weighted by Gasteiger charge is -2.21. The van der Waals surface area contributed by atoms with Crippen molar-refractivity contribution in [3.05, 3.63) is 59.7 Å². The lowest BCUT2D eigenvalue weighted by Crippen LogP contribution is -2.30. The van der Waals surface area contributed by atoms with Gasteiger partial charge >= 0.3 is 0 Å². The zero-order valence-corrected chi connectivity index (χ0v) is 15.8. The summed E-state index contributed by atoms with van der Waals surface area (Å²) < 4.78 is 5.22. The largest absolute Gasteiger partial charge is 0.497 e. The van der Waals surface area contributed by atoms with E-state index in [9.17, 15) is 0 Å². The molecule has 0 aliphatic heterocycles. The molecule has 0 unspecified atom stereocenters. The second-order valence-electron chi connectivity index (χ2n) is 6.92. The molecule has 4 heteroatoms. The molecule has 0 aliphatic rings. The molecule has 1 atom stereocenters. The molecule has 0 bridgehead atoms. The van der Waals surface area contributed by atoms with Crippen LogP contribution >= 0.6 is 12.2 Å². The van der Waals surface area contributed by atoms with Gasteiger partial charge in [-0.15, -0.1) is 0 Å². The molecule has 0 fully saturated rings. The molecule has 0 saturated carbocycles. The quantitative estimate of drug-likeness (QED) is 0.763. The molecule has 0 amide bonds. The van der Waals surface area contributed by atoms with Crippen LogP contribution in [0.2, 0.25) is 0 Å². The first-order chi connectivity index (χ1) is 11.3. The summed E-state index contributed by atoms with van der Waals surface area (Å²) in [7, 11) is 1.65. The van der Waals surface area contributed by atoms with E-state index in [0.717, 1.165) is 11.4 Å². The van der Waals surface area contributed by atoms with Crippen molar-refractivity contribution in [3.8, 4) is 5.75 Å². The highest BCUT2D eigenvalue weighted by Gasteiger charge is 2.14. The summed E-state index contributed by atoms with van der Waals surface area (Å²) in [5.41, 5.74) is 3.61. The van der Waals surface area contributed by atoms with Crippen LogP contribution in [-0.4, -0.2) is 12.2 Å². The normalized spacial score (nSPS) is 12.4. The fourth-order valence-electron chi connectivity index (χ4n) is 2.42. The zero-order chi connectivity index (χ0) is 17.7. The summed E-state index contributed by atoms with van der Waals surface area (Å²) in [4.78, 5) is 0. The van der Waals surface area contributed by atoms with Crippen LogP contribution < -0.4 is 15.4 Å². The predicted octanol–water partition coefficient (Wildman–Crippen LogP) is 5.04. The third kappa shape index (κ3) is 4.96. The maximum Gasteiger partial charge on any atom is 0.171 e. The van der Waals surface area contributed by atoms with E-state index in [4.69, 9.17) is 17.0 Å². The Hall–Kier alpha value is -2.07. The molecular weight excluding hydrogens is 316 g/mol. The number of rotatable bonds is 4. The minimum atomic E-state index is 0.129. The molecule has 2 rings (SSSR count). The number of nitrogens with one attached hydrogen (secondary N) is 2. The molecule has 0 radical (unpaired) electrons. The molecule has 128 valence electrons. The first-order valence-corrected chi connectivity index (χ1v) is 8.52. The zero-order valence-electron chi connectivity index (χ0n) is 15.0. The summed E-state index contributed by atoms with van der Waals surface area (Å²) in [6.07, 6.45) is 0. The molecule has 2 N–H and O–H groups in total. The first-order valence-electron chi connectivity index (χ1n) is 8.11. The number of methoxy groups -OCH3 is 1. The standard InChI is InChI=1S/C20H26N2OS/c1-14(15-9-11-16(12-10-15)20(2,3)4)21-19(24)22-17-7-6-8-18(13-17)23-5/h6-14H,1-5H3,(H2,21,22,24)/t14-/m1/s1. The second kappa shape index (κ2) is 7.67. The van der Waals surface area contributed by atoms with Crippen LogP contribution in [0.15, 0.2) is 48.5 Å². The van der Waals surface area contributed by atoms with E-state index in [1.807, 2.05) is 24.3 Å². The van der Waals surface area contributed by atoms with E-state index in [1.165, 1.54) is 11.1 Å². The summed E-state index contributed by atoms with van der Waals surface area (Å²) in [6, 6.07) is 16.5. The van der Waals surface area contributed by atoms with Gasteiger partial charge in [0.1, 0.15) is 5.75 Å². The van der Waals surface area contributed by atoms with Gasteiger partial charge in [0.05, 0.1) is 13.2 Å². The third-order valence-corrected chi connectivity index (χ3v) is 4.17.